The Labute approximate surface area is 115 Å². The van der Waals surface area contributed by atoms with Gasteiger partial charge in [0.2, 0.25) is 0 Å². The monoisotopic (exact) mass is 270 g/mol. The lowest BCUT2D eigenvalue weighted by atomic mass is 9.93. The molecule has 5 nitrogen and oxygen atoms in total. The number of nitrogens with zero attached hydrogens (tertiary/aromatic N) is 1. The number of hydrogen-bond donors (Lipinski definition) is 2. The number of carbonyl (C=O) groups excluding carboxylic acids is 1. The van der Waals surface area contributed by atoms with E-state index < -0.39 is 5.97 Å². The highest BCUT2D eigenvalue weighted by atomic mass is 16.4. The molecule has 0 radical (unpaired) electrons. The van der Waals surface area contributed by atoms with Gasteiger partial charge in [-0.2, -0.15) is 0 Å². The van der Waals surface area contributed by atoms with Crippen molar-refractivity contribution in [3.8, 4) is 0 Å². The summed E-state index contributed by atoms with van der Waals surface area (Å²) >= 11 is 0. The second kappa shape index (κ2) is 7.36. The minimum atomic E-state index is -0.732. The van der Waals surface area contributed by atoms with E-state index in [0.717, 1.165) is 45.2 Å². The molecule has 0 bridgehead atoms. The Morgan fingerprint density at radius 2 is 1.89 bits per heavy atom. The molecule has 0 aromatic carbocycles. The predicted octanol–water partition coefficient (Wildman–Crippen LogP) is 2.46. The van der Waals surface area contributed by atoms with E-state index in [9.17, 15) is 9.59 Å². The first-order valence-corrected chi connectivity index (χ1v) is 7.15. The molecule has 1 saturated heterocycles. The zero-order valence-electron chi connectivity index (χ0n) is 12.1. The van der Waals surface area contributed by atoms with E-state index in [1.807, 2.05) is 4.90 Å². The maximum absolute atomic E-state index is 11.8. The van der Waals surface area contributed by atoms with Crippen LogP contribution in [0.25, 0.3) is 0 Å². The Bertz CT molecular complexity index is 316. The summed E-state index contributed by atoms with van der Waals surface area (Å²) < 4.78 is 0. The highest BCUT2D eigenvalue weighted by Crippen LogP contribution is 2.28. The minimum Gasteiger partial charge on any atom is -0.481 e. The van der Waals surface area contributed by atoms with Crippen LogP contribution in [0.3, 0.4) is 0 Å². The van der Waals surface area contributed by atoms with E-state index in [4.69, 9.17) is 5.11 Å². The zero-order chi connectivity index (χ0) is 14.3. The first-order valence-electron chi connectivity index (χ1n) is 7.15. The van der Waals surface area contributed by atoms with Crippen molar-refractivity contribution >= 4 is 12.0 Å². The number of carbonyl (C=O) groups is 2. The van der Waals surface area contributed by atoms with Gasteiger partial charge in [-0.25, -0.2) is 4.79 Å². The summed E-state index contributed by atoms with van der Waals surface area (Å²) in [7, 11) is 0. The second-order valence-electron chi connectivity index (χ2n) is 6.13. The Morgan fingerprint density at radius 3 is 2.47 bits per heavy atom. The van der Waals surface area contributed by atoms with Gasteiger partial charge in [0.05, 0.1) is 0 Å². The van der Waals surface area contributed by atoms with E-state index in [1.54, 1.807) is 0 Å². The average Bonchev–Trinajstić information content (AvgIpc) is 2.68. The van der Waals surface area contributed by atoms with Crippen molar-refractivity contribution in [2.75, 3.05) is 19.6 Å². The number of urea groups is 1. The van der Waals surface area contributed by atoms with Gasteiger partial charge >= 0.3 is 12.0 Å². The minimum absolute atomic E-state index is 0.0381. The van der Waals surface area contributed by atoms with Crippen molar-refractivity contribution in [1.29, 1.82) is 0 Å². The molecule has 0 atom stereocenters. The fourth-order valence-corrected chi connectivity index (χ4v) is 2.35. The number of hydrogen-bond acceptors (Lipinski definition) is 2. The number of amides is 2. The van der Waals surface area contributed by atoms with Gasteiger partial charge in [-0.1, -0.05) is 26.7 Å². The molecule has 1 aliphatic rings. The van der Waals surface area contributed by atoms with Crippen molar-refractivity contribution in [2.45, 2.75) is 52.4 Å². The SMILES string of the molecule is CC1(C)CCN(C(=O)NCCCCCCC(=O)O)C1. The summed E-state index contributed by atoms with van der Waals surface area (Å²) in [5.74, 6) is -0.732. The third-order valence-electron chi connectivity index (χ3n) is 3.56. The second-order valence-corrected chi connectivity index (χ2v) is 6.13. The van der Waals surface area contributed by atoms with Crippen LogP contribution in [-0.4, -0.2) is 41.6 Å². The summed E-state index contributed by atoms with van der Waals surface area (Å²) in [6.45, 7) is 6.73. The summed E-state index contributed by atoms with van der Waals surface area (Å²) in [4.78, 5) is 24.0. The lowest BCUT2D eigenvalue weighted by Crippen LogP contribution is -2.39. The normalized spacial score (nSPS) is 17.5. The van der Waals surface area contributed by atoms with Gasteiger partial charge in [0, 0.05) is 26.1 Å². The van der Waals surface area contributed by atoms with Crippen LogP contribution < -0.4 is 5.32 Å². The van der Waals surface area contributed by atoms with Crippen molar-refractivity contribution in [1.82, 2.24) is 10.2 Å². The van der Waals surface area contributed by atoms with Crippen molar-refractivity contribution in [2.24, 2.45) is 5.41 Å². The third-order valence-corrected chi connectivity index (χ3v) is 3.56. The first kappa shape index (κ1) is 15.8. The molecule has 19 heavy (non-hydrogen) atoms. The maximum Gasteiger partial charge on any atom is 0.317 e. The van der Waals surface area contributed by atoms with Crippen LogP contribution in [-0.2, 0) is 4.79 Å². The van der Waals surface area contributed by atoms with Gasteiger partial charge in [-0.15, -0.1) is 0 Å². The van der Waals surface area contributed by atoms with Gasteiger partial charge in [0.1, 0.15) is 0 Å². The molecule has 2 amide bonds. The molecule has 0 saturated carbocycles. The molecule has 1 aliphatic heterocycles. The van der Waals surface area contributed by atoms with Gasteiger partial charge in [0.25, 0.3) is 0 Å². The fourth-order valence-electron chi connectivity index (χ4n) is 2.35. The maximum atomic E-state index is 11.8. The molecule has 1 rings (SSSR count). The first-order chi connectivity index (χ1) is 8.91. The number of carboxylic acids is 1. The molecule has 1 heterocycles. The van der Waals surface area contributed by atoms with Crippen molar-refractivity contribution < 1.29 is 14.7 Å². The number of rotatable bonds is 7. The highest BCUT2D eigenvalue weighted by Gasteiger charge is 2.31. The van der Waals surface area contributed by atoms with Crippen LogP contribution in [0.2, 0.25) is 0 Å². The topological polar surface area (TPSA) is 69.6 Å². The van der Waals surface area contributed by atoms with E-state index in [1.165, 1.54) is 0 Å². The molecule has 0 unspecified atom stereocenters. The standard InChI is InChI=1S/C14H26N2O3/c1-14(2)8-10-16(11-14)13(19)15-9-6-4-3-5-7-12(17)18/h3-11H2,1-2H3,(H,15,19)(H,17,18). The van der Waals surface area contributed by atoms with Crippen LogP contribution in [0.15, 0.2) is 0 Å². The van der Waals surface area contributed by atoms with Gasteiger partial charge < -0.3 is 15.3 Å². The highest BCUT2D eigenvalue weighted by molar-refractivity contribution is 5.74. The summed E-state index contributed by atoms with van der Waals surface area (Å²) in [6, 6.07) is 0.0381. The molecule has 0 spiro atoms. The lowest BCUT2D eigenvalue weighted by molar-refractivity contribution is -0.137. The number of aliphatic carboxylic acids is 1. The average molecular weight is 270 g/mol. The van der Waals surface area contributed by atoms with Crippen LogP contribution >= 0.6 is 0 Å². The quantitative estimate of drug-likeness (QED) is 0.698. The third kappa shape index (κ3) is 6.45. The number of nitrogens with one attached hydrogen (secondary N) is 1. The Balaban J connectivity index is 2.01. The lowest BCUT2D eigenvalue weighted by Gasteiger charge is -2.20. The summed E-state index contributed by atoms with van der Waals surface area (Å²) in [6.07, 6.45) is 4.84. The molecule has 110 valence electrons. The van der Waals surface area contributed by atoms with Crippen LogP contribution in [0.1, 0.15) is 52.4 Å². The number of carboxylic acid groups (broad SMARTS) is 1. The Hall–Kier alpha value is -1.26. The molecule has 0 aromatic heterocycles. The van der Waals surface area contributed by atoms with Crippen molar-refractivity contribution in [3.05, 3.63) is 0 Å². The van der Waals surface area contributed by atoms with Crippen LogP contribution in [0.5, 0.6) is 0 Å². The van der Waals surface area contributed by atoms with E-state index >= 15 is 0 Å². The van der Waals surface area contributed by atoms with Gasteiger partial charge in [-0.05, 0) is 24.7 Å². The molecule has 0 aliphatic carbocycles. The van der Waals surface area contributed by atoms with Crippen LogP contribution in [0.4, 0.5) is 4.79 Å². The molecule has 5 heteroatoms. The van der Waals surface area contributed by atoms with E-state index in [2.05, 4.69) is 19.2 Å². The summed E-state index contributed by atoms with van der Waals surface area (Å²) in [5, 5.41) is 11.4. The molecule has 2 N–H and O–H groups in total. The molecule has 1 fully saturated rings. The number of unbranched alkanes of at least 4 members (excludes halogenated alkanes) is 3. The van der Waals surface area contributed by atoms with Crippen molar-refractivity contribution in [3.63, 3.8) is 0 Å². The Morgan fingerprint density at radius 1 is 1.21 bits per heavy atom. The zero-order valence-corrected chi connectivity index (χ0v) is 12.1. The van der Waals surface area contributed by atoms with Crippen LogP contribution in [0, 0.1) is 5.41 Å². The molecular weight excluding hydrogens is 244 g/mol. The number of likely N-dealkylation sites (tertiary alicyclic amines) is 1. The fraction of sp³-hybridized carbons (Fsp3) is 0.857. The van der Waals surface area contributed by atoms with Gasteiger partial charge in [-0.3, -0.25) is 4.79 Å². The molecular formula is C14H26N2O3. The molecule has 0 aromatic rings. The van der Waals surface area contributed by atoms with E-state index in [0.29, 0.717) is 6.54 Å². The smallest absolute Gasteiger partial charge is 0.317 e. The Kier molecular flexibility index (Phi) is 6.12. The van der Waals surface area contributed by atoms with Gasteiger partial charge in [0.15, 0.2) is 0 Å². The largest absolute Gasteiger partial charge is 0.481 e. The summed E-state index contributed by atoms with van der Waals surface area (Å²) in [5.41, 5.74) is 0.244. The van der Waals surface area contributed by atoms with E-state index in [-0.39, 0.29) is 17.9 Å². The predicted molar refractivity (Wildman–Crippen MR) is 74.1 cm³/mol.